The highest BCUT2D eigenvalue weighted by Crippen LogP contribution is 2.33. The Hall–Kier alpha value is -3.83. The SMILES string of the molecule is OC[C@]1(O)[C@H](O)[C@H](O)[C@@H](O)[C@H]1NC(=S)N[C@H]1O[C@H](COCc2ccccc2)[C@@H](OCc2ccccc2)[C@H](OCc2ccccc2)[C@H]1OCc1ccccc1. The molecule has 0 unspecified atom stereocenters. The van der Waals surface area contributed by atoms with Crippen molar-refractivity contribution >= 4 is 17.3 Å². The summed E-state index contributed by atoms with van der Waals surface area (Å²) >= 11 is 5.67. The fraction of sp³-hybridized carbons (Fsp3) is 0.390. The van der Waals surface area contributed by atoms with Gasteiger partial charge in [-0.2, -0.15) is 0 Å². The van der Waals surface area contributed by atoms with Gasteiger partial charge >= 0.3 is 0 Å². The number of hydrogen-bond donors (Lipinski definition) is 7. The fourth-order valence-corrected chi connectivity index (χ4v) is 7.02. The average Bonchev–Trinajstić information content (AvgIpc) is 3.36. The Balaban J connectivity index is 1.31. The lowest BCUT2D eigenvalue weighted by Gasteiger charge is -2.46. The van der Waals surface area contributed by atoms with Crippen molar-refractivity contribution in [1.29, 1.82) is 0 Å². The maximum atomic E-state index is 11.0. The topological polar surface area (TPSA) is 171 Å². The highest BCUT2D eigenvalue weighted by atomic mass is 32.1. The van der Waals surface area contributed by atoms with Gasteiger partial charge in [0, 0.05) is 0 Å². The summed E-state index contributed by atoms with van der Waals surface area (Å²) in [6.07, 6.45) is -9.28. The second kappa shape index (κ2) is 19.2. The first-order chi connectivity index (χ1) is 26.3. The van der Waals surface area contributed by atoms with Gasteiger partial charge in [0.1, 0.15) is 48.3 Å². The minimum atomic E-state index is -2.30. The van der Waals surface area contributed by atoms with Crippen LogP contribution < -0.4 is 10.6 Å². The first kappa shape index (κ1) is 39.9. The molecule has 0 amide bonds. The predicted octanol–water partition coefficient (Wildman–Crippen LogP) is 2.34. The van der Waals surface area contributed by atoms with Gasteiger partial charge < -0.3 is 59.9 Å². The zero-order chi connectivity index (χ0) is 37.9. The molecule has 2 fully saturated rings. The Morgan fingerprint density at radius 3 is 1.54 bits per heavy atom. The Labute approximate surface area is 320 Å². The summed E-state index contributed by atoms with van der Waals surface area (Å²) in [6, 6.07) is 37.4. The van der Waals surface area contributed by atoms with Crippen molar-refractivity contribution in [2.24, 2.45) is 0 Å². The van der Waals surface area contributed by atoms with E-state index in [1.54, 1.807) is 0 Å². The van der Waals surface area contributed by atoms with Gasteiger partial charge in [-0.1, -0.05) is 121 Å². The van der Waals surface area contributed by atoms with Crippen LogP contribution in [0.5, 0.6) is 0 Å². The van der Waals surface area contributed by atoms with Gasteiger partial charge in [-0.05, 0) is 34.5 Å². The minimum Gasteiger partial charge on any atom is -0.393 e. The lowest BCUT2D eigenvalue weighted by molar-refractivity contribution is -0.275. The average molecular weight is 761 g/mol. The van der Waals surface area contributed by atoms with E-state index in [2.05, 4.69) is 10.6 Å². The monoisotopic (exact) mass is 760 g/mol. The summed E-state index contributed by atoms with van der Waals surface area (Å²) in [4.78, 5) is 0. The summed E-state index contributed by atoms with van der Waals surface area (Å²) in [5, 5.41) is 58.3. The van der Waals surface area contributed by atoms with Crippen LogP contribution in [-0.4, -0.2) is 104 Å². The molecule has 7 N–H and O–H groups in total. The van der Waals surface area contributed by atoms with Crippen LogP contribution in [0.15, 0.2) is 121 Å². The molecule has 0 bridgehead atoms. The number of ether oxygens (including phenoxy) is 5. The molecule has 2 aliphatic rings. The van der Waals surface area contributed by atoms with Gasteiger partial charge in [-0.15, -0.1) is 0 Å². The van der Waals surface area contributed by atoms with Gasteiger partial charge in [-0.25, -0.2) is 0 Å². The second-order valence-electron chi connectivity index (χ2n) is 13.6. The van der Waals surface area contributed by atoms with Gasteiger partial charge in [0.15, 0.2) is 11.3 Å². The number of hydrogen-bond acceptors (Lipinski definition) is 11. The maximum Gasteiger partial charge on any atom is 0.168 e. The zero-order valence-electron chi connectivity index (χ0n) is 29.7. The number of thiocarbonyl (C=S) groups is 1. The summed E-state index contributed by atoms with van der Waals surface area (Å²) in [7, 11) is 0. The van der Waals surface area contributed by atoms with E-state index >= 15 is 0 Å². The Kier molecular flexibility index (Phi) is 14.1. The molecule has 288 valence electrons. The van der Waals surface area contributed by atoms with Crippen molar-refractivity contribution in [2.45, 2.75) is 87.0 Å². The van der Waals surface area contributed by atoms with E-state index in [1.807, 2.05) is 121 Å². The van der Waals surface area contributed by atoms with E-state index in [9.17, 15) is 25.5 Å². The predicted molar refractivity (Wildman–Crippen MR) is 203 cm³/mol. The third kappa shape index (κ3) is 9.88. The smallest absolute Gasteiger partial charge is 0.168 e. The first-order valence-electron chi connectivity index (χ1n) is 17.9. The van der Waals surface area contributed by atoms with E-state index < -0.39 is 67.2 Å². The van der Waals surface area contributed by atoms with Crippen molar-refractivity contribution in [1.82, 2.24) is 10.6 Å². The molecule has 1 saturated carbocycles. The van der Waals surface area contributed by atoms with Gasteiger partial charge in [0.2, 0.25) is 0 Å². The summed E-state index contributed by atoms with van der Waals surface area (Å²) in [6.45, 7) is 0.126. The van der Waals surface area contributed by atoms with E-state index in [4.69, 9.17) is 35.9 Å². The molecule has 4 aromatic rings. The number of benzene rings is 4. The Bertz CT molecular complexity index is 1710. The minimum absolute atomic E-state index is 0.104. The molecule has 1 heterocycles. The van der Waals surface area contributed by atoms with Crippen LogP contribution in [0.25, 0.3) is 0 Å². The molecule has 4 aromatic carbocycles. The van der Waals surface area contributed by atoms with Crippen LogP contribution in [-0.2, 0) is 50.1 Å². The fourth-order valence-electron chi connectivity index (χ4n) is 6.78. The molecular formula is C41H48N2O10S. The molecule has 10 atom stereocenters. The molecular weight excluding hydrogens is 713 g/mol. The van der Waals surface area contributed by atoms with E-state index in [0.29, 0.717) is 6.61 Å². The number of aliphatic hydroxyl groups excluding tert-OH is 4. The highest BCUT2D eigenvalue weighted by Gasteiger charge is 2.59. The van der Waals surface area contributed by atoms with Gasteiger partial charge in [-0.3, -0.25) is 0 Å². The first-order valence-corrected chi connectivity index (χ1v) is 18.4. The van der Waals surface area contributed by atoms with Crippen LogP contribution in [0.2, 0.25) is 0 Å². The molecule has 1 saturated heterocycles. The van der Waals surface area contributed by atoms with Crippen LogP contribution in [0.3, 0.4) is 0 Å². The highest BCUT2D eigenvalue weighted by molar-refractivity contribution is 7.80. The molecule has 0 spiro atoms. The lowest BCUT2D eigenvalue weighted by atomic mass is 9.96. The Morgan fingerprint density at radius 2 is 1.06 bits per heavy atom. The molecule has 13 heteroatoms. The molecule has 1 aliphatic heterocycles. The van der Waals surface area contributed by atoms with Crippen LogP contribution in [0, 0.1) is 0 Å². The molecule has 0 aromatic heterocycles. The van der Waals surface area contributed by atoms with Crippen molar-refractivity contribution in [3.63, 3.8) is 0 Å². The molecule has 54 heavy (non-hydrogen) atoms. The van der Waals surface area contributed by atoms with Crippen molar-refractivity contribution in [3.05, 3.63) is 144 Å². The molecule has 0 radical (unpaired) electrons. The van der Waals surface area contributed by atoms with Gasteiger partial charge in [0.25, 0.3) is 0 Å². The second-order valence-corrected chi connectivity index (χ2v) is 14.0. The molecule has 6 rings (SSSR count). The van der Waals surface area contributed by atoms with E-state index in [-0.39, 0.29) is 31.5 Å². The third-order valence-corrected chi connectivity index (χ3v) is 10.00. The number of aliphatic hydroxyl groups is 5. The normalized spacial score (nSPS) is 29.5. The largest absolute Gasteiger partial charge is 0.393 e. The van der Waals surface area contributed by atoms with Crippen LogP contribution in [0.4, 0.5) is 0 Å². The standard InChI is InChI=1S/C41H48N2O10S/c44-26-41(48)37(32(45)33(46)38(41)47)42-40(54)43-39-36(52-24-30-19-11-4-12-20-30)35(51-23-29-17-9-3-10-18-29)34(50-22-28-15-7-2-8-16-28)31(53-39)25-49-21-27-13-5-1-6-14-27/h1-20,31-39,44-48H,21-26H2,(H2,42,43,54)/t31-,32-,33-,34-,35+,36-,37-,38-,39+,41-/m1/s1. The van der Waals surface area contributed by atoms with E-state index in [1.165, 1.54) is 0 Å². The number of rotatable bonds is 16. The van der Waals surface area contributed by atoms with Crippen LogP contribution in [0.1, 0.15) is 22.3 Å². The summed E-state index contributed by atoms with van der Waals surface area (Å²) < 4.78 is 33.0. The van der Waals surface area contributed by atoms with Crippen molar-refractivity contribution in [3.8, 4) is 0 Å². The van der Waals surface area contributed by atoms with Gasteiger partial charge in [0.05, 0.1) is 45.7 Å². The van der Waals surface area contributed by atoms with E-state index in [0.717, 1.165) is 22.3 Å². The lowest BCUT2D eigenvalue weighted by Crippen LogP contribution is -2.67. The Morgan fingerprint density at radius 1 is 0.611 bits per heavy atom. The zero-order valence-corrected chi connectivity index (χ0v) is 30.5. The molecule has 1 aliphatic carbocycles. The summed E-state index contributed by atoms with van der Waals surface area (Å²) in [5.41, 5.74) is 1.46. The molecule has 12 nitrogen and oxygen atoms in total. The van der Waals surface area contributed by atoms with Crippen LogP contribution >= 0.6 is 12.2 Å². The van der Waals surface area contributed by atoms with Crippen molar-refractivity contribution in [2.75, 3.05) is 13.2 Å². The maximum absolute atomic E-state index is 11.0. The number of nitrogens with one attached hydrogen (secondary N) is 2. The quantitative estimate of drug-likeness (QED) is 0.0832. The third-order valence-electron chi connectivity index (χ3n) is 9.76. The van der Waals surface area contributed by atoms with Crippen molar-refractivity contribution < 1.29 is 49.2 Å². The summed E-state index contributed by atoms with van der Waals surface area (Å²) in [5.74, 6) is 0.